The monoisotopic (exact) mass is 560 g/mol. The number of rotatable bonds is 23. The van der Waals surface area contributed by atoms with Gasteiger partial charge in [0.1, 0.15) is 6.54 Å². The van der Waals surface area contributed by atoms with E-state index in [1.54, 1.807) is 4.90 Å². The van der Waals surface area contributed by atoms with Crippen LogP contribution in [0.25, 0.3) is 0 Å². The Morgan fingerprint density at radius 3 is 2.15 bits per heavy atom. The van der Waals surface area contributed by atoms with Crippen LogP contribution in [-0.2, 0) is 9.59 Å². The molecule has 1 aliphatic carbocycles. The normalized spacial score (nSPS) is 17.4. The molecule has 1 saturated carbocycles. The molecule has 230 valence electrons. The van der Waals surface area contributed by atoms with Gasteiger partial charge < -0.3 is 16.0 Å². The Balaban J connectivity index is 1.60. The second-order valence-electron chi connectivity index (χ2n) is 12.1. The Morgan fingerprint density at radius 1 is 0.875 bits per heavy atom. The number of allylic oxidation sites excluding steroid dienone is 2. The van der Waals surface area contributed by atoms with Crippen molar-refractivity contribution in [3.05, 3.63) is 12.2 Å². The molecule has 0 spiro atoms. The van der Waals surface area contributed by atoms with Gasteiger partial charge >= 0.3 is 6.03 Å². The van der Waals surface area contributed by atoms with Crippen LogP contribution in [0.15, 0.2) is 12.2 Å². The summed E-state index contributed by atoms with van der Waals surface area (Å²) in [5, 5.41) is 3.17. The second-order valence-corrected chi connectivity index (χ2v) is 12.1. The molecule has 0 radical (unpaired) electrons. The zero-order chi connectivity index (χ0) is 28.8. The molecule has 2 aliphatic rings. The lowest BCUT2D eigenvalue weighted by molar-refractivity contribution is -0.127. The summed E-state index contributed by atoms with van der Waals surface area (Å²) < 4.78 is 0. The molecular weight excluding hydrogens is 500 g/mol. The molecular formula is C33H60N4O3. The molecule has 1 aliphatic heterocycles. The number of hydrogen-bond donors (Lipinski definition) is 2. The van der Waals surface area contributed by atoms with Crippen LogP contribution in [-0.4, -0.2) is 59.4 Å². The van der Waals surface area contributed by atoms with Gasteiger partial charge in [0, 0.05) is 25.0 Å². The third kappa shape index (κ3) is 14.1. The third-order valence-corrected chi connectivity index (χ3v) is 8.49. The summed E-state index contributed by atoms with van der Waals surface area (Å²) in [7, 11) is 0. The number of carbonyl (C=O) groups excluding carboxylic acids is 3. The smallest absolute Gasteiger partial charge is 0.327 e. The fourth-order valence-electron chi connectivity index (χ4n) is 6.07. The summed E-state index contributed by atoms with van der Waals surface area (Å²) in [4.78, 5) is 41.6. The lowest BCUT2D eigenvalue weighted by Crippen LogP contribution is -2.46. The van der Waals surface area contributed by atoms with Gasteiger partial charge in [0.15, 0.2) is 0 Å². The van der Waals surface area contributed by atoms with E-state index in [-0.39, 0.29) is 36.5 Å². The summed E-state index contributed by atoms with van der Waals surface area (Å²) in [6.45, 7) is 3.41. The van der Waals surface area contributed by atoms with Crippen molar-refractivity contribution < 1.29 is 14.4 Å². The van der Waals surface area contributed by atoms with Crippen molar-refractivity contribution in [3.63, 3.8) is 0 Å². The number of nitrogens with two attached hydrogens (primary N) is 1. The van der Waals surface area contributed by atoms with Crippen LogP contribution in [0.1, 0.15) is 148 Å². The van der Waals surface area contributed by atoms with Gasteiger partial charge in [-0.25, -0.2) is 4.79 Å². The standard InChI is InChI=1S/C33H60N4O3/c1-2-3-4-5-6-7-8-9-10-11-12-13-14-15-19-25-31(38)35-29(22-20-21-26-34)27-36-28-32(39)37(33(36)40)30-23-17-16-18-24-30/h9-10,29-30H,2-8,11-28,34H2,1H3,(H,35,38)/b10-9+. The van der Waals surface area contributed by atoms with E-state index in [1.807, 2.05) is 0 Å². The van der Waals surface area contributed by atoms with Crippen LogP contribution in [0.5, 0.6) is 0 Å². The second kappa shape index (κ2) is 21.8. The lowest BCUT2D eigenvalue weighted by atomic mass is 9.94. The van der Waals surface area contributed by atoms with E-state index in [1.165, 1.54) is 75.5 Å². The molecule has 4 amide bonds. The maximum absolute atomic E-state index is 13.1. The molecule has 1 unspecified atom stereocenters. The minimum absolute atomic E-state index is 0.0464. The van der Waals surface area contributed by atoms with Crippen molar-refractivity contribution in [1.82, 2.24) is 15.1 Å². The highest BCUT2D eigenvalue weighted by Gasteiger charge is 2.41. The van der Waals surface area contributed by atoms with Gasteiger partial charge in [0.05, 0.1) is 0 Å². The first-order chi connectivity index (χ1) is 19.6. The number of hydrogen-bond acceptors (Lipinski definition) is 4. The summed E-state index contributed by atoms with van der Waals surface area (Å²) in [5.74, 6) is -0.0327. The Bertz CT molecular complexity index is 735. The highest BCUT2D eigenvalue weighted by atomic mass is 16.2. The first-order valence-corrected chi connectivity index (χ1v) is 16.8. The van der Waals surface area contributed by atoms with Crippen LogP contribution < -0.4 is 11.1 Å². The molecule has 1 saturated heterocycles. The molecule has 2 rings (SSSR count). The highest BCUT2D eigenvalue weighted by molar-refractivity contribution is 6.02. The van der Waals surface area contributed by atoms with E-state index in [2.05, 4.69) is 24.4 Å². The van der Waals surface area contributed by atoms with Crippen LogP contribution >= 0.6 is 0 Å². The predicted octanol–water partition coefficient (Wildman–Crippen LogP) is 7.23. The van der Waals surface area contributed by atoms with Gasteiger partial charge in [-0.05, 0) is 64.3 Å². The van der Waals surface area contributed by atoms with Crippen molar-refractivity contribution in [2.75, 3.05) is 19.6 Å². The van der Waals surface area contributed by atoms with Gasteiger partial charge in [0.2, 0.25) is 5.91 Å². The Morgan fingerprint density at radius 2 is 1.50 bits per heavy atom. The molecule has 1 atom stereocenters. The van der Waals surface area contributed by atoms with Gasteiger partial charge in [0.25, 0.3) is 5.91 Å². The minimum atomic E-state index is -0.174. The Labute approximate surface area is 245 Å². The molecule has 7 nitrogen and oxygen atoms in total. The van der Waals surface area contributed by atoms with Crippen molar-refractivity contribution in [2.24, 2.45) is 5.73 Å². The number of unbranched alkanes of at least 4 members (excludes halogenated alkanes) is 12. The van der Waals surface area contributed by atoms with E-state index in [0.717, 1.165) is 64.2 Å². The topological polar surface area (TPSA) is 95.7 Å². The number of nitrogens with one attached hydrogen (secondary N) is 1. The summed E-state index contributed by atoms with van der Waals surface area (Å²) in [5.41, 5.74) is 5.68. The van der Waals surface area contributed by atoms with Crippen LogP contribution in [0.4, 0.5) is 4.79 Å². The number of imide groups is 1. The highest BCUT2D eigenvalue weighted by Crippen LogP contribution is 2.26. The zero-order valence-corrected chi connectivity index (χ0v) is 25.7. The van der Waals surface area contributed by atoms with E-state index >= 15 is 0 Å². The van der Waals surface area contributed by atoms with Crippen molar-refractivity contribution >= 4 is 17.8 Å². The number of urea groups is 1. The molecule has 3 N–H and O–H groups in total. The van der Waals surface area contributed by atoms with E-state index < -0.39 is 0 Å². The third-order valence-electron chi connectivity index (χ3n) is 8.49. The van der Waals surface area contributed by atoms with Gasteiger partial charge in [-0.15, -0.1) is 0 Å². The average molecular weight is 561 g/mol. The molecule has 0 bridgehead atoms. The molecule has 1 heterocycles. The summed E-state index contributed by atoms with van der Waals surface area (Å²) in [6, 6.07) is -0.261. The largest absolute Gasteiger partial charge is 0.352 e. The summed E-state index contributed by atoms with van der Waals surface area (Å²) in [6.07, 6.45) is 29.1. The van der Waals surface area contributed by atoms with E-state index in [9.17, 15) is 14.4 Å². The zero-order valence-electron chi connectivity index (χ0n) is 25.7. The maximum Gasteiger partial charge on any atom is 0.327 e. The quantitative estimate of drug-likeness (QED) is 0.0782. The van der Waals surface area contributed by atoms with Crippen molar-refractivity contribution in [1.29, 1.82) is 0 Å². The first-order valence-electron chi connectivity index (χ1n) is 16.8. The van der Waals surface area contributed by atoms with E-state index in [0.29, 0.717) is 19.5 Å². The maximum atomic E-state index is 13.1. The fraction of sp³-hybridized carbons (Fsp3) is 0.848. The van der Waals surface area contributed by atoms with Gasteiger partial charge in [-0.2, -0.15) is 0 Å². The minimum Gasteiger partial charge on any atom is -0.352 e. The van der Waals surface area contributed by atoms with Crippen molar-refractivity contribution in [3.8, 4) is 0 Å². The van der Waals surface area contributed by atoms with E-state index in [4.69, 9.17) is 5.73 Å². The Kier molecular flexibility index (Phi) is 18.7. The Hall–Kier alpha value is -1.89. The molecule has 2 fully saturated rings. The number of amides is 4. The lowest BCUT2D eigenvalue weighted by Gasteiger charge is -2.30. The van der Waals surface area contributed by atoms with Gasteiger partial charge in [-0.1, -0.05) is 96.1 Å². The average Bonchev–Trinajstić information content (AvgIpc) is 3.23. The molecule has 40 heavy (non-hydrogen) atoms. The molecule has 0 aromatic rings. The van der Waals surface area contributed by atoms with Crippen LogP contribution in [0, 0.1) is 0 Å². The predicted molar refractivity (Wildman–Crippen MR) is 165 cm³/mol. The SMILES string of the molecule is CCCCCCCC/C=C/CCCCCCCC(=O)NC(CCCCN)CN1CC(=O)N(C2CCCCC2)C1=O. The van der Waals surface area contributed by atoms with Crippen molar-refractivity contribution in [2.45, 2.75) is 160 Å². The molecule has 0 aromatic heterocycles. The summed E-state index contributed by atoms with van der Waals surface area (Å²) >= 11 is 0. The van der Waals surface area contributed by atoms with Crippen LogP contribution in [0.3, 0.4) is 0 Å². The fourth-order valence-corrected chi connectivity index (χ4v) is 6.07. The molecule has 0 aromatic carbocycles. The number of carbonyl (C=O) groups is 3. The number of nitrogens with zero attached hydrogens (tertiary/aromatic N) is 2. The molecule has 7 heteroatoms. The van der Waals surface area contributed by atoms with Crippen LogP contribution in [0.2, 0.25) is 0 Å². The van der Waals surface area contributed by atoms with Gasteiger partial charge in [-0.3, -0.25) is 14.5 Å². The first kappa shape index (κ1) is 34.3.